The number of nitrogens with one attached hydrogen (secondary N) is 1. The van der Waals surface area contributed by atoms with Gasteiger partial charge in [-0.1, -0.05) is 0 Å². The van der Waals surface area contributed by atoms with Crippen LogP contribution in [0.5, 0.6) is 0 Å². The van der Waals surface area contributed by atoms with Crippen molar-refractivity contribution in [2.24, 2.45) is 0 Å². The molecule has 7 nitrogen and oxygen atoms in total. The highest BCUT2D eigenvalue weighted by Crippen LogP contribution is 2.12. The lowest BCUT2D eigenvalue weighted by Gasteiger charge is -2.27. The molecule has 1 amide bonds. The summed E-state index contributed by atoms with van der Waals surface area (Å²) >= 11 is 3.30. The van der Waals surface area contributed by atoms with Gasteiger partial charge in [-0.05, 0) is 28.1 Å². The normalized spacial score (nSPS) is 14.6. The first-order chi connectivity index (χ1) is 11.2. The first-order valence-corrected chi connectivity index (χ1v) is 8.05. The van der Waals surface area contributed by atoms with Gasteiger partial charge in [0.05, 0.1) is 25.3 Å². The Balaban J connectivity index is 1.63. The van der Waals surface area contributed by atoms with Gasteiger partial charge in [0.1, 0.15) is 11.6 Å². The largest absolute Gasteiger partial charge is 0.378 e. The van der Waals surface area contributed by atoms with Crippen LogP contribution in [0.4, 0.5) is 5.82 Å². The van der Waals surface area contributed by atoms with E-state index in [0.717, 1.165) is 23.4 Å². The van der Waals surface area contributed by atoms with Crippen molar-refractivity contribution in [3.63, 3.8) is 0 Å². The van der Waals surface area contributed by atoms with Gasteiger partial charge in [0.25, 0.3) is 5.91 Å². The Labute approximate surface area is 142 Å². The molecule has 0 atom stereocenters. The van der Waals surface area contributed by atoms with Crippen LogP contribution in [-0.4, -0.2) is 47.2 Å². The van der Waals surface area contributed by atoms with Crippen molar-refractivity contribution in [2.75, 3.05) is 31.2 Å². The second kappa shape index (κ2) is 7.47. The molecule has 0 saturated carbocycles. The van der Waals surface area contributed by atoms with Crippen LogP contribution in [0.1, 0.15) is 16.2 Å². The lowest BCUT2D eigenvalue weighted by Crippen LogP contribution is -2.37. The maximum atomic E-state index is 12.1. The van der Waals surface area contributed by atoms with Crippen LogP contribution in [0, 0.1) is 0 Å². The zero-order chi connectivity index (χ0) is 16.1. The summed E-state index contributed by atoms with van der Waals surface area (Å²) in [5.74, 6) is 1.22. The summed E-state index contributed by atoms with van der Waals surface area (Å²) in [5, 5.41) is 2.80. The molecule has 1 aliphatic rings. The molecule has 0 spiro atoms. The van der Waals surface area contributed by atoms with Crippen molar-refractivity contribution in [3.05, 3.63) is 46.6 Å². The van der Waals surface area contributed by atoms with Crippen molar-refractivity contribution < 1.29 is 9.53 Å². The van der Waals surface area contributed by atoms with E-state index >= 15 is 0 Å². The Morgan fingerprint density at radius 3 is 2.96 bits per heavy atom. The van der Waals surface area contributed by atoms with E-state index in [2.05, 4.69) is 41.1 Å². The second-order valence-electron chi connectivity index (χ2n) is 5.00. The van der Waals surface area contributed by atoms with Crippen molar-refractivity contribution in [3.8, 4) is 0 Å². The van der Waals surface area contributed by atoms with Crippen LogP contribution in [0.3, 0.4) is 0 Å². The lowest BCUT2D eigenvalue weighted by molar-refractivity contribution is 0.0949. The number of anilines is 1. The smallest absolute Gasteiger partial charge is 0.253 e. The second-order valence-corrected chi connectivity index (χ2v) is 5.92. The third-order valence-electron chi connectivity index (χ3n) is 3.40. The maximum absolute atomic E-state index is 12.1. The molecule has 0 unspecified atom stereocenters. The quantitative estimate of drug-likeness (QED) is 0.867. The van der Waals surface area contributed by atoms with E-state index < -0.39 is 0 Å². The number of hydrogen-bond acceptors (Lipinski definition) is 6. The van der Waals surface area contributed by atoms with Gasteiger partial charge in [0, 0.05) is 36.2 Å². The minimum Gasteiger partial charge on any atom is -0.378 e. The molecule has 8 heteroatoms. The van der Waals surface area contributed by atoms with Gasteiger partial charge in [0.15, 0.2) is 0 Å². The molecule has 1 N–H and O–H groups in total. The average Bonchev–Trinajstić information content (AvgIpc) is 2.61. The Morgan fingerprint density at radius 2 is 2.17 bits per heavy atom. The lowest BCUT2D eigenvalue weighted by atomic mass is 10.3. The van der Waals surface area contributed by atoms with Gasteiger partial charge in [-0.3, -0.25) is 9.78 Å². The third kappa shape index (κ3) is 4.23. The van der Waals surface area contributed by atoms with Gasteiger partial charge in [-0.15, -0.1) is 0 Å². The number of ether oxygens (including phenoxy) is 1. The molecule has 1 aliphatic heterocycles. The summed E-state index contributed by atoms with van der Waals surface area (Å²) in [7, 11) is 0. The topological polar surface area (TPSA) is 80.2 Å². The molecule has 2 aromatic heterocycles. The zero-order valence-electron chi connectivity index (χ0n) is 12.4. The molecule has 120 valence electrons. The Hall–Kier alpha value is -2.06. The first kappa shape index (κ1) is 15.8. The number of nitrogens with zero attached hydrogens (tertiary/aromatic N) is 4. The first-order valence-electron chi connectivity index (χ1n) is 7.26. The van der Waals surface area contributed by atoms with E-state index in [1.54, 1.807) is 18.5 Å². The molecule has 0 aromatic carbocycles. The fraction of sp³-hybridized carbons (Fsp3) is 0.333. The number of carbonyl (C=O) groups excluding carboxylic acids is 1. The fourth-order valence-electron chi connectivity index (χ4n) is 2.24. The molecule has 0 aliphatic carbocycles. The number of rotatable bonds is 4. The predicted molar refractivity (Wildman–Crippen MR) is 88.2 cm³/mol. The van der Waals surface area contributed by atoms with E-state index in [1.807, 2.05) is 6.07 Å². The summed E-state index contributed by atoms with van der Waals surface area (Å²) in [6, 6.07) is 3.59. The van der Waals surface area contributed by atoms with Crippen LogP contribution in [-0.2, 0) is 11.3 Å². The predicted octanol–water partition coefficient (Wildman–Crippen LogP) is 1.40. The summed E-state index contributed by atoms with van der Waals surface area (Å²) < 4.78 is 6.10. The van der Waals surface area contributed by atoms with Gasteiger partial charge in [-0.2, -0.15) is 0 Å². The third-order valence-corrected chi connectivity index (χ3v) is 3.83. The summed E-state index contributed by atoms with van der Waals surface area (Å²) in [6.07, 6.45) is 4.86. The Kier molecular flexibility index (Phi) is 5.14. The molecule has 1 fully saturated rings. The van der Waals surface area contributed by atoms with Crippen LogP contribution >= 0.6 is 15.9 Å². The van der Waals surface area contributed by atoms with Crippen molar-refractivity contribution >= 4 is 27.7 Å². The maximum Gasteiger partial charge on any atom is 0.253 e. The monoisotopic (exact) mass is 377 g/mol. The fourth-order valence-corrected chi connectivity index (χ4v) is 2.60. The summed E-state index contributed by atoms with van der Waals surface area (Å²) in [5.41, 5.74) is 0.490. The van der Waals surface area contributed by atoms with E-state index in [0.29, 0.717) is 24.6 Å². The molecular formula is C15H16BrN5O2. The Bertz CT molecular complexity index is 691. The minimum absolute atomic E-state index is 0.209. The number of amides is 1. The van der Waals surface area contributed by atoms with Gasteiger partial charge in [-0.25, -0.2) is 9.97 Å². The molecule has 3 heterocycles. The van der Waals surface area contributed by atoms with Crippen LogP contribution < -0.4 is 10.2 Å². The van der Waals surface area contributed by atoms with E-state index in [1.165, 1.54) is 6.20 Å². The summed E-state index contributed by atoms with van der Waals surface area (Å²) in [6.45, 7) is 3.29. The molecule has 1 saturated heterocycles. The van der Waals surface area contributed by atoms with E-state index in [9.17, 15) is 4.79 Å². The van der Waals surface area contributed by atoms with Crippen LogP contribution in [0.15, 0.2) is 35.2 Å². The average molecular weight is 378 g/mol. The molecule has 2 aromatic rings. The standard InChI is InChI=1S/C15H16BrN5O2/c16-12-7-11(8-17-9-12)15(22)19-10-13-18-2-1-14(20-13)21-3-5-23-6-4-21/h1-2,7-9H,3-6,10H2,(H,19,22). The molecule has 0 radical (unpaired) electrons. The minimum atomic E-state index is -0.209. The molecule has 23 heavy (non-hydrogen) atoms. The highest BCUT2D eigenvalue weighted by atomic mass is 79.9. The summed E-state index contributed by atoms with van der Waals surface area (Å²) in [4.78, 5) is 26.9. The number of hydrogen-bond donors (Lipinski definition) is 1. The molecule has 3 rings (SSSR count). The number of morpholine rings is 1. The number of carbonyl (C=O) groups is 1. The van der Waals surface area contributed by atoms with Gasteiger partial charge < -0.3 is 15.0 Å². The van der Waals surface area contributed by atoms with Crippen LogP contribution in [0.25, 0.3) is 0 Å². The van der Waals surface area contributed by atoms with E-state index in [4.69, 9.17) is 4.74 Å². The van der Waals surface area contributed by atoms with E-state index in [-0.39, 0.29) is 12.5 Å². The SMILES string of the molecule is O=C(NCc1nccc(N2CCOCC2)n1)c1cncc(Br)c1. The number of halogens is 1. The number of pyridine rings is 1. The van der Waals surface area contributed by atoms with Crippen molar-refractivity contribution in [1.29, 1.82) is 0 Å². The highest BCUT2D eigenvalue weighted by Gasteiger charge is 2.13. The molecule has 0 bridgehead atoms. The number of aromatic nitrogens is 3. The zero-order valence-corrected chi connectivity index (χ0v) is 14.0. The van der Waals surface area contributed by atoms with Crippen molar-refractivity contribution in [1.82, 2.24) is 20.3 Å². The Morgan fingerprint density at radius 1 is 1.35 bits per heavy atom. The van der Waals surface area contributed by atoms with Gasteiger partial charge >= 0.3 is 0 Å². The highest BCUT2D eigenvalue weighted by molar-refractivity contribution is 9.10. The molecular weight excluding hydrogens is 362 g/mol. The van der Waals surface area contributed by atoms with Crippen LogP contribution in [0.2, 0.25) is 0 Å². The van der Waals surface area contributed by atoms with Crippen molar-refractivity contribution in [2.45, 2.75) is 6.54 Å². The van der Waals surface area contributed by atoms with Gasteiger partial charge in [0.2, 0.25) is 0 Å².